The molecule has 0 radical (unpaired) electrons. The average molecular weight is 282 g/mol. The monoisotopic (exact) mass is 282 g/mol. The largest absolute Gasteiger partial charge is 0.339 e. The van der Waals surface area contributed by atoms with Gasteiger partial charge in [-0.05, 0) is 25.8 Å². The lowest BCUT2D eigenvalue weighted by molar-refractivity contribution is -0.131. The molecule has 6 heteroatoms. The molecule has 0 saturated carbocycles. The van der Waals surface area contributed by atoms with E-state index in [-0.39, 0.29) is 18.5 Å². The molecule has 2 aliphatic heterocycles. The molecule has 3 amide bonds. The highest BCUT2D eigenvalue weighted by atomic mass is 16.2. The molecule has 0 aromatic carbocycles. The molecule has 114 valence electrons. The molecule has 0 spiro atoms. The fourth-order valence-corrected chi connectivity index (χ4v) is 3.16. The highest BCUT2D eigenvalue weighted by Crippen LogP contribution is 2.25. The Labute approximate surface area is 121 Å². The minimum atomic E-state index is -0.217. The van der Waals surface area contributed by atoms with Crippen molar-refractivity contribution in [2.75, 3.05) is 47.3 Å². The minimum Gasteiger partial charge on any atom is -0.339 e. The molecule has 6 nitrogen and oxygen atoms in total. The molecule has 2 rings (SSSR count). The van der Waals surface area contributed by atoms with Crippen molar-refractivity contribution in [3.05, 3.63) is 0 Å². The summed E-state index contributed by atoms with van der Waals surface area (Å²) in [6.45, 7) is 2.81. The van der Waals surface area contributed by atoms with Gasteiger partial charge in [-0.15, -0.1) is 0 Å². The van der Waals surface area contributed by atoms with E-state index in [1.807, 2.05) is 4.90 Å². The molecule has 2 bridgehead atoms. The van der Waals surface area contributed by atoms with Crippen LogP contribution in [0.1, 0.15) is 19.3 Å². The molecule has 0 aromatic heterocycles. The van der Waals surface area contributed by atoms with E-state index in [0.29, 0.717) is 12.0 Å². The van der Waals surface area contributed by atoms with Crippen LogP contribution in [-0.2, 0) is 4.79 Å². The summed E-state index contributed by atoms with van der Waals surface area (Å²) in [5.74, 6) is 0.605. The van der Waals surface area contributed by atoms with Gasteiger partial charge >= 0.3 is 6.03 Å². The van der Waals surface area contributed by atoms with Crippen LogP contribution in [0.5, 0.6) is 0 Å². The summed E-state index contributed by atoms with van der Waals surface area (Å²) in [7, 11) is 5.50. The first-order chi connectivity index (χ1) is 9.47. The summed E-state index contributed by atoms with van der Waals surface area (Å²) >= 11 is 0. The number of urea groups is 1. The highest BCUT2D eigenvalue weighted by molar-refractivity contribution is 5.83. The van der Waals surface area contributed by atoms with Gasteiger partial charge in [-0.1, -0.05) is 6.42 Å². The second-order valence-corrected chi connectivity index (χ2v) is 6.24. The van der Waals surface area contributed by atoms with Crippen LogP contribution in [0.25, 0.3) is 0 Å². The number of carbonyl (C=O) groups excluding carboxylic acids is 2. The smallest absolute Gasteiger partial charge is 0.317 e. The van der Waals surface area contributed by atoms with E-state index in [4.69, 9.17) is 0 Å². The summed E-state index contributed by atoms with van der Waals surface area (Å²) in [6.07, 6.45) is 3.63. The number of likely N-dealkylation sites (tertiary alicyclic amines) is 1. The zero-order chi connectivity index (χ0) is 14.7. The number of hydrogen-bond donors (Lipinski definition) is 1. The van der Waals surface area contributed by atoms with Gasteiger partial charge in [0.2, 0.25) is 5.91 Å². The van der Waals surface area contributed by atoms with E-state index >= 15 is 0 Å². The van der Waals surface area contributed by atoms with E-state index < -0.39 is 0 Å². The van der Waals surface area contributed by atoms with Crippen LogP contribution < -0.4 is 5.32 Å². The van der Waals surface area contributed by atoms with Crippen molar-refractivity contribution in [1.82, 2.24) is 20.0 Å². The number of nitrogens with one attached hydrogen (secondary N) is 1. The molecule has 2 atom stereocenters. The minimum absolute atomic E-state index is 0.0346. The topological polar surface area (TPSA) is 55.9 Å². The van der Waals surface area contributed by atoms with Crippen LogP contribution in [0.2, 0.25) is 0 Å². The molecule has 2 aliphatic rings. The summed E-state index contributed by atoms with van der Waals surface area (Å²) in [5.41, 5.74) is 0. The second-order valence-electron chi connectivity index (χ2n) is 6.24. The maximum atomic E-state index is 12.3. The predicted octanol–water partition coefficient (Wildman–Crippen LogP) is 0.200. The van der Waals surface area contributed by atoms with Crippen molar-refractivity contribution in [1.29, 1.82) is 0 Å². The van der Waals surface area contributed by atoms with E-state index in [0.717, 1.165) is 19.6 Å². The molecule has 20 heavy (non-hydrogen) atoms. The van der Waals surface area contributed by atoms with E-state index in [1.54, 1.807) is 14.1 Å². The Morgan fingerprint density at radius 3 is 2.65 bits per heavy atom. The van der Waals surface area contributed by atoms with E-state index in [2.05, 4.69) is 17.3 Å². The van der Waals surface area contributed by atoms with Gasteiger partial charge < -0.3 is 20.0 Å². The lowest BCUT2D eigenvalue weighted by Gasteiger charge is -2.30. The average Bonchev–Trinajstić information content (AvgIpc) is 2.63. The number of carbonyl (C=O) groups is 2. The van der Waals surface area contributed by atoms with Crippen molar-refractivity contribution in [3.8, 4) is 0 Å². The summed E-state index contributed by atoms with van der Waals surface area (Å²) in [4.78, 5) is 29.5. The van der Waals surface area contributed by atoms with Crippen LogP contribution in [-0.4, -0.2) is 80.0 Å². The Balaban J connectivity index is 1.91. The van der Waals surface area contributed by atoms with Crippen LogP contribution in [0, 0.1) is 5.92 Å². The second kappa shape index (κ2) is 6.43. The third-order valence-electron chi connectivity index (χ3n) is 4.38. The molecule has 0 aromatic rings. The number of likely N-dealkylation sites (N-methyl/N-ethyl adjacent to an activating group) is 1. The quantitative estimate of drug-likeness (QED) is 0.787. The molecule has 2 heterocycles. The zero-order valence-electron chi connectivity index (χ0n) is 12.8. The Morgan fingerprint density at radius 1 is 1.20 bits per heavy atom. The van der Waals surface area contributed by atoms with Gasteiger partial charge in [0.25, 0.3) is 0 Å². The van der Waals surface area contributed by atoms with Crippen LogP contribution in [0.15, 0.2) is 0 Å². The van der Waals surface area contributed by atoms with Crippen molar-refractivity contribution in [2.24, 2.45) is 5.92 Å². The summed E-state index contributed by atoms with van der Waals surface area (Å²) < 4.78 is 0. The first-order valence-electron chi connectivity index (χ1n) is 7.40. The maximum Gasteiger partial charge on any atom is 0.317 e. The fraction of sp³-hybridized carbons (Fsp3) is 0.857. The van der Waals surface area contributed by atoms with Gasteiger partial charge in [0.05, 0.1) is 6.54 Å². The predicted molar refractivity (Wildman–Crippen MR) is 77.4 cm³/mol. The number of fused-ring (bicyclic) bond motifs is 3. The Morgan fingerprint density at radius 2 is 1.95 bits per heavy atom. The number of rotatable bonds is 2. The van der Waals surface area contributed by atoms with Gasteiger partial charge in [0.15, 0.2) is 0 Å². The first-order valence-corrected chi connectivity index (χ1v) is 7.40. The number of amides is 3. The van der Waals surface area contributed by atoms with Gasteiger partial charge in [-0.3, -0.25) is 4.79 Å². The van der Waals surface area contributed by atoms with E-state index in [1.165, 1.54) is 24.2 Å². The molecule has 2 saturated heterocycles. The lowest BCUT2D eigenvalue weighted by atomic mass is 10.00. The van der Waals surface area contributed by atoms with Crippen molar-refractivity contribution in [2.45, 2.75) is 25.3 Å². The van der Waals surface area contributed by atoms with Crippen molar-refractivity contribution < 1.29 is 9.59 Å². The summed E-state index contributed by atoms with van der Waals surface area (Å²) in [5, 5.41) is 2.66. The zero-order valence-corrected chi connectivity index (χ0v) is 12.8. The molecular weight excluding hydrogens is 256 g/mol. The normalized spacial score (nSPS) is 26.9. The Hall–Kier alpha value is -1.30. The van der Waals surface area contributed by atoms with Gasteiger partial charge in [-0.2, -0.15) is 0 Å². The van der Waals surface area contributed by atoms with Crippen LogP contribution in [0.4, 0.5) is 4.79 Å². The molecule has 0 aliphatic carbocycles. The third-order valence-corrected chi connectivity index (χ3v) is 4.38. The fourth-order valence-electron chi connectivity index (χ4n) is 3.16. The SMILES string of the molecule is CN(C)C(=O)NCC(=O)N1C[C@H]2CCC[C@@H](C1)N(C)C2. The van der Waals surface area contributed by atoms with Crippen molar-refractivity contribution >= 4 is 11.9 Å². The number of hydrogen-bond acceptors (Lipinski definition) is 3. The highest BCUT2D eigenvalue weighted by Gasteiger charge is 2.32. The van der Waals surface area contributed by atoms with Crippen LogP contribution in [0.3, 0.4) is 0 Å². The molecule has 0 unspecified atom stereocenters. The molecule has 2 fully saturated rings. The number of nitrogens with zero attached hydrogens (tertiary/aromatic N) is 3. The lowest BCUT2D eigenvalue weighted by Crippen LogP contribution is -2.47. The molecular formula is C14H26N4O2. The van der Waals surface area contributed by atoms with Crippen molar-refractivity contribution in [3.63, 3.8) is 0 Å². The molecule has 1 N–H and O–H groups in total. The third kappa shape index (κ3) is 3.62. The summed E-state index contributed by atoms with van der Waals surface area (Å²) in [6, 6.07) is 0.251. The Kier molecular flexibility index (Phi) is 4.86. The van der Waals surface area contributed by atoms with E-state index in [9.17, 15) is 9.59 Å². The van der Waals surface area contributed by atoms with Crippen LogP contribution >= 0.6 is 0 Å². The van der Waals surface area contributed by atoms with Gasteiger partial charge in [0, 0.05) is 39.8 Å². The maximum absolute atomic E-state index is 12.3. The Bertz CT molecular complexity index is 372. The van der Waals surface area contributed by atoms with Gasteiger partial charge in [0.1, 0.15) is 0 Å². The van der Waals surface area contributed by atoms with Gasteiger partial charge in [-0.25, -0.2) is 4.79 Å². The first kappa shape index (κ1) is 15.1. The standard InChI is InChI=1S/C14H26N4O2/c1-16(2)14(20)15-7-13(19)18-9-11-5-4-6-12(10-18)17(3)8-11/h11-12H,4-10H2,1-3H3,(H,15,20)/t11-,12-/m0/s1.